The zero-order chi connectivity index (χ0) is 10.1. The van der Waals surface area contributed by atoms with Crippen LogP contribution in [0.5, 0.6) is 0 Å². The van der Waals surface area contributed by atoms with E-state index in [1.54, 1.807) is 0 Å². The summed E-state index contributed by atoms with van der Waals surface area (Å²) in [6.45, 7) is 2.09. The molecule has 4 nitrogen and oxygen atoms in total. The zero-order valence-corrected chi connectivity index (χ0v) is 10.4. The third-order valence-corrected chi connectivity index (χ3v) is 0.524. The standard InChI is InChI=1S/C5H6O4.2ClH.Zr/c1-3(6)5(8)9-4(2)7;;;/h1-2H3;2*1H;/q;;;+2/p-2. The van der Waals surface area contributed by atoms with Crippen LogP contribution in [-0.4, -0.2) is 17.7 Å². The molecular weight excluding hydrogens is 286 g/mol. The van der Waals surface area contributed by atoms with Crippen LogP contribution in [-0.2, 0) is 40.0 Å². The molecule has 0 aromatic rings. The monoisotopic (exact) mass is 290 g/mol. The molecule has 0 radical (unpaired) electrons. The van der Waals surface area contributed by atoms with Gasteiger partial charge in [-0.05, 0) is 0 Å². The maximum atomic E-state index is 10.2. The van der Waals surface area contributed by atoms with Gasteiger partial charge >= 0.3 is 49.8 Å². The number of hydrogen-bond acceptors (Lipinski definition) is 4. The SMILES string of the molecule is CC(=O)OC(=O)C(C)=O.[Cl][Zr][Cl]. The number of ketones is 1. The van der Waals surface area contributed by atoms with Gasteiger partial charge < -0.3 is 4.74 Å². The van der Waals surface area contributed by atoms with Crippen molar-refractivity contribution in [1.29, 1.82) is 0 Å². The van der Waals surface area contributed by atoms with E-state index in [4.69, 9.17) is 17.0 Å². The third-order valence-electron chi connectivity index (χ3n) is 0.524. The van der Waals surface area contributed by atoms with Crippen molar-refractivity contribution < 1.29 is 40.0 Å². The van der Waals surface area contributed by atoms with Gasteiger partial charge in [-0.1, -0.05) is 0 Å². The van der Waals surface area contributed by atoms with Gasteiger partial charge in [0.15, 0.2) is 0 Å². The third kappa shape index (κ3) is 12.9. The number of halogens is 2. The van der Waals surface area contributed by atoms with Crippen molar-refractivity contribution >= 4 is 34.7 Å². The number of rotatable bonds is 1. The van der Waals surface area contributed by atoms with E-state index in [2.05, 4.69) is 4.74 Å². The fourth-order valence-electron chi connectivity index (χ4n) is 0.202. The molecule has 0 aromatic carbocycles. The van der Waals surface area contributed by atoms with Gasteiger partial charge in [-0.3, -0.25) is 9.59 Å². The van der Waals surface area contributed by atoms with Crippen LogP contribution >= 0.6 is 17.0 Å². The Kier molecular flexibility index (Phi) is 11.5. The number of ether oxygens (including phenoxy) is 1. The van der Waals surface area contributed by atoms with Crippen LogP contribution in [0.1, 0.15) is 13.8 Å². The normalized spacial score (nSPS) is 7.33. The number of esters is 2. The zero-order valence-electron chi connectivity index (χ0n) is 6.39. The second-order valence-corrected chi connectivity index (χ2v) is 5.24. The van der Waals surface area contributed by atoms with Gasteiger partial charge in [0.25, 0.3) is 0 Å². The maximum absolute atomic E-state index is 10.2. The van der Waals surface area contributed by atoms with E-state index in [9.17, 15) is 14.4 Å². The van der Waals surface area contributed by atoms with Crippen LogP contribution in [0.2, 0.25) is 0 Å². The first kappa shape index (κ1) is 14.8. The van der Waals surface area contributed by atoms with Crippen LogP contribution in [0.3, 0.4) is 0 Å². The fourth-order valence-corrected chi connectivity index (χ4v) is 0.202. The number of carbonyl (C=O) groups is 3. The molecule has 0 bridgehead atoms. The van der Waals surface area contributed by atoms with E-state index in [-0.39, 0.29) is 0 Å². The Bertz CT molecular complexity index is 182. The molecule has 0 rings (SSSR count). The van der Waals surface area contributed by atoms with Crippen molar-refractivity contribution in [2.75, 3.05) is 0 Å². The van der Waals surface area contributed by atoms with Crippen LogP contribution in [0, 0.1) is 0 Å². The van der Waals surface area contributed by atoms with Crippen molar-refractivity contribution in [2.24, 2.45) is 0 Å². The Morgan fingerprint density at radius 3 is 1.58 bits per heavy atom. The first-order valence-electron chi connectivity index (χ1n) is 2.65. The van der Waals surface area contributed by atoms with Gasteiger partial charge in [0.1, 0.15) is 0 Å². The summed E-state index contributed by atoms with van der Waals surface area (Å²) in [6, 6.07) is 0. The Balaban J connectivity index is 0. The van der Waals surface area contributed by atoms with Crippen molar-refractivity contribution in [3.8, 4) is 0 Å². The van der Waals surface area contributed by atoms with Crippen LogP contribution in [0.4, 0.5) is 0 Å². The molecule has 0 heterocycles. The quantitative estimate of drug-likeness (QED) is 0.411. The second-order valence-electron chi connectivity index (χ2n) is 1.51. The molecule has 0 saturated heterocycles. The van der Waals surface area contributed by atoms with Crippen LogP contribution in [0.25, 0.3) is 0 Å². The molecule has 0 aliphatic carbocycles. The predicted molar refractivity (Wildman–Crippen MR) is 39.2 cm³/mol. The fraction of sp³-hybridized carbons (Fsp3) is 0.400. The molecular formula is C5H6Cl2O4Zr. The molecule has 0 aliphatic rings. The van der Waals surface area contributed by atoms with E-state index in [0.717, 1.165) is 13.8 Å². The average molecular weight is 292 g/mol. The Morgan fingerprint density at radius 2 is 1.50 bits per heavy atom. The summed E-state index contributed by atoms with van der Waals surface area (Å²) >= 11 is -0.826. The topological polar surface area (TPSA) is 60.4 Å². The summed E-state index contributed by atoms with van der Waals surface area (Å²) in [5, 5.41) is 0. The number of hydrogen-bond donors (Lipinski definition) is 0. The van der Waals surface area contributed by atoms with E-state index in [1.807, 2.05) is 0 Å². The molecule has 0 aromatic heterocycles. The molecule has 0 unspecified atom stereocenters. The molecule has 0 aliphatic heterocycles. The first-order valence-corrected chi connectivity index (χ1v) is 8.98. The first-order chi connectivity index (χ1) is 5.45. The Morgan fingerprint density at radius 1 is 1.17 bits per heavy atom. The van der Waals surface area contributed by atoms with E-state index in [0.29, 0.717) is 0 Å². The second kappa shape index (κ2) is 9.36. The predicted octanol–water partition coefficient (Wildman–Crippen LogP) is 1.04. The Hall–Kier alpha value is 0.273. The van der Waals surface area contributed by atoms with Gasteiger partial charge in [0.05, 0.1) is 0 Å². The summed E-state index contributed by atoms with van der Waals surface area (Å²) in [5.41, 5.74) is 0. The van der Waals surface area contributed by atoms with Gasteiger partial charge in [0, 0.05) is 13.8 Å². The van der Waals surface area contributed by atoms with Crippen LogP contribution < -0.4 is 0 Å². The van der Waals surface area contributed by atoms with E-state index < -0.39 is 38.6 Å². The van der Waals surface area contributed by atoms with Crippen molar-refractivity contribution in [1.82, 2.24) is 0 Å². The summed E-state index contributed by atoms with van der Waals surface area (Å²) in [7, 11) is 9.87. The molecule has 0 spiro atoms. The molecule has 0 fully saturated rings. The number of Topliss-reactive ketones (excluding diaryl/α,β-unsaturated/α-hetero) is 1. The molecule has 12 heavy (non-hydrogen) atoms. The van der Waals surface area contributed by atoms with Gasteiger partial charge in [-0.25, -0.2) is 4.79 Å². The molecule has 7 heteroatoms. The van der Waals surface area contributed by atoms with Gasteiger partial charge in [0.2, 0.25) is 5.78 Å². The minimum absolute atomic E-state index is 0.768. The molecule has 0 saturated carbocycles. The summed E-state index contributed by atoms with van der Waals surface area (Å²) in [5.74, 6) is -2.65. The van der Waals surface area contributed by atoms with Crippen molar-refractivity contribution in [3.05, 3.63) is 0 Å². The van der Waals surface area contributed by atoms with Crippen LogP contribution in [0.15, 0.2) is 0 Å². The molecule has 68 valence electrons. The van der Waals surface area contributed by atoms with Gasteiger partial charge in [-0.2, -0.15) is 0 Å². The summed E-state index contributed by atoms with van der Waals surface area (Å²) < 4.78 is 3.88. The Labute approximate surface area is 88.2 Å². The minimum atomic E-state index is -1.11. The molecule has 0 N–H and O–H groups in total. The summed E-state index contributed by atoms with van der Waals surface area (Å²) in [4.78, 5) is 30.2. The number of carbonyl (C=O) groups excluding carboxylic acids is 3. The van der Waals surface area contributed by atoms with Crippen molar-refractivity contribution in [2.45, 2.75) is 13.8 Å². The van der Waals surface area contributed by atoms with Crippen molar-refractivity contribution in [3.63, 3.8) is 0 Å². The summed E-state index contributed by atoms with van der Waals surface area (Å²) in [6.07, 6.45) is 0. The average Bonchev–Trinajstić information content (AvgIpc) is 1.87. The van der Waals surface area contributed by atoms with E-state index in [1.165, 1.54) is 0 Å². The van der Waals surface area contributed by atoms with Gasteiger partial charge in [-0.15, -0.1) is 0 Å². The van der Waals surface area contributed by atoms with E-state index >= 15 is 0 Å². The molecule has 0 atom stereocenters. The molecule has 0 amide bonds.